The second-order valence-electron chi connectivity index (χ2n) is 7.48. The Kier molecular flexibility index (Phi) is 6.92. The second-order valence-corrected chi connectivity index (χ2v) is 8.52. The van der Waals surface area contributed by atoms with Gasteiger partial charge in [-0.2, -0.15) is 0 Å². The van der Waals surface area contributed by atoms with E-state index in [-0.39, 0.29) is 12.5 Å². The number of H-pyrrole nitrogens is 1. The Balaban J connectivity index is 1.56. The number of hydrogen-bond acceptors (Lipinski definition) is 4. The lowest BCUT2D eigenvalue weighted by molar-refractivity contribution is -0.138. The van der Waals surface area contributed by atoms with Crippen molar-refractivity contribution in [2.75, 3.05) is 6.54 Å². The summed E-state index contributed by atoms with van der Waals surface area (Å²) in [5.41, 5.74) is 4.34. The number of aliphatic carboxylic acids is 1. The standard InChI is InChI=1S/C25H25N3O2S/c29-25(30)15-24(23-16-26-18-27-23)28(13-12-22-7-4-14-31-22)17-19-8-10-21(11-9-19)20-5-2-1-3-6-20/h1-11,14,16,18,24H,12-13,15,17H2,(H,26,27)(H,29,30). The molecule has 0 aliphatic rings. The fraction of sp³-hybridized carbons (Fsp3) is 0.200. The molecule has 0 aliphatic heterocycles. The number of carboxylic acid groups (broad SMARTS) is 1. The number of hydrogen-bond donors (Lipinski definition) is 2. The zero-order valence-corrected chi connectivity index (χ0v) is 18.0. The van der Waals surface area contributed by atoms with E-state index < -0.39 is 5.97 Å². The molecule has 0 amide bonds. The number of thiophene rings is 1. The van der Waals surface area contributed by atoms with Gasteiger partial charge in [0.15, 0.2) is 0 Å². The Morgan fingerprint density at radius 3 is 2.45 bits per heavy atom. The summed E-state index contributed by atoms with van der Waals surface area (Å²) in [7, 11) is 0. The molecular formula is C25H25N3O2S. The maximum absolute atomic E-state index is 11.6. The van der Waals surface area contributed by atoms with E-state index in [0.717, 1.165) is 24.2 Å². The number of rotatable bonds is 10. The predicted molar refractivity (Wildman–Crippen MR) is 124 cm³/mol. The zero-order chi connectivity index (χ0) is 21.5. The molecule has 2 heterocycles. The molecule has 1 unspecified atom stereocenters. The van der Waals surface area contributed by atoms with Crippen molar-refractivity contribution < 1.29 is 9.90 Å². The number of aromatic nitrogens is 2. The lowest BCUT2D eigenvalue weighted by Crippen LogP contribution is -2.32. The maximum Gasteiger partial charge on any atom is 0.305 e. The second kappa shape index (κ2) is 10.2. The Bertz CT molecular complexity index is 1060. The van der Waals surface area contributed by atoms with Crippen LogP contribution in [-0.2, 0) is 17.8 Å². The van der Waals surface area contributed by atoms with Gasteiger partial charge < -0.3 is 10.1 Å². The summed E-state index contributed by atoms with van der Waals surface area (Å²) in [6.45, 7) is 1.43. The van der Waals surface area contributed by atoms with Crippen LogP contribution in [0.2, 0.25) is 0 Å². The van der Waals surface area contributed by atoms with E-state index in [1.807, 2.05) is 18.2 Å². The van der Waals surface area contributed by atoms with E-state index in [9.17, 15) is 9.90 Å². The van der Waals surface area contributed by atoms with Crippen LogP contribution >= 0.6 is 11.3 Å². The minimum Gasteiger partial charge on any atom is -0.481 e. The minimum atomic E-state index is -0.819. The molecule has 0 saturated carbocycles. The largest absolute Gasteiger partial charge is 0.481 e. The van der Waals surface area contributed by atoms with Crippen molar-refractivity contribution in [1.82, 2.24) is 14.9 Å². The molecule has 0 radical (unpaired) electrons. The summed E-state index contributed by atoms with van der Waals surface area (Å²) in [5, 5.41) is 11.6. The third kappa shape index (κ3) is 5.69. The number of nitrogens with one attached hydrogen (secondary N) is 1. The van der Waals surface area contributed by atoms with Crippen molar-refractivity contribution in [1.29, 1.82) is 0 Å². The van der Waals surface area contributed by atoms with E-state index in [4.69, 9.17) is 0 Å². The summed E-state index contributed by atoms with van der Waals surface area (Å²) in [6, 6.07) is 22.7. The van der Waals surface area contributed by atoms with Crippen LogP contribution in [0.3, 0.4) is 0 Å². The molecule has 2 N–H and O–H groups in total. The lowest BCUT2D eigenvalue weighted by atomic mass is 10.0. The lowest BCUT2D eigenvalue weighted by Gasteiger charge is -2.30. The molecule has 31 heavy (non-hydrogen) atoms. The normalized spacial score (nSPS) is 12.2. The van der Waals surface area contributed by atoms with Gasteiger partial charge in [-0.15, -0.1) is 11.3 Å². The maximum atomic E-state index is 11.6. The molecular weight excluding hydrogens is 406 g/mol. The monoisotopic (exact) mass is 431 g/mol. The molecule has 158 valence electrons. The van der Waals surface area contributed by atoms with Gasteiger partial charge >= 0.3 is 5.97 Å². The minimum absolute atomic E-state index is 0.0226. The first-order valence-corrected chi connectivity index (χ1v) is 11.2. The Labute approximate surface area is 186 Å². The van der Waals surface area contributed by atoms with Crippen LogP contribution in [0.5, 0.6) is 0 Å². The van der Waals surface area contributed by atoms with Crippen molar-refractivity contribution in [2.24, 2.45) is 0 Å². The van der Waals surface area contributed by atoms with Crippen LogP contribution in [0, 0.1) is 0 Å². The molecule has 2 aromatic heterocycles. The molecule has 0 bridgehead atoms. The SMILES string of the molecule is O=C(O)CC(c1cnc[nH]1)N(CCc1cccs1)Cc1ccc(-c2ccccc2)cc1. The number of imidazole rings is 1. The van der Waals surface area contributed by atoms with Gasteiger partial charge in [-0.1, -0.05) is 60.7 Å². The highest BCUT2D eigenvalue weighted by Crippen LogP contribution is 2.27. The Morgan fingerprint density at radius 1 is 1.03 bits per heavy atom. The third-order valence-electron chi connectivity index (χ3n) is 5.36. The topological polar surface area (TPSA) is 69.2 Å². The van der Waals surface area contributed by atoms with Crippen LogP contribution in [0.25, 0.3) is 11.1 Å². The molecule has 6 heteroatoms. The summed E-state index contributed by atoms with van der Waals surface area (Å²) in [5.74, 6) is -0.819. The molecule has 2 aromatic carbocycles. The van der Waals surface area contributed by atoms with E-state index in [1.165, 1.54) is 16.0 Å². The van der Waals surface area contributed by atoms with Crippen LogP contribution in [0.4, 0.5) is 0 Å². The molecule has 1 atom stereocenters. The van der Waals surface area contributed by atoms with Crippen molar-refractivity contribution in [3.05, 3.63) is 101 Å². The summed E-state index contributed by atoms with van der Waals surface area (Å²) in [6.07, 6.45) is 4.24. The number of aromatic amines is 1. The highest BCUT2D eigenvalue weighted by molar-refractivity contribution is 7.09. The molecule has 5 nitrogen and oxygen atoms in total. The van der Waals surface area contributed by atoms with Crippen molar-refractivity contribution in [3.8, 4) is 11.1 Å². The Morgan fingerprint density at radius 2 is 1.81 bits per heavy atom. The van der Waals surface area contributed by atoms with Gasteiger partial charge in [-0.05, 0) is 34.6 Å². The summed E-state index contributed by atoms with van der Waals surface area (Å²) < 4.78 is 0. The van der Waals surface area contributed by atoms with Gasteiger partial charge in [0.25, 0.3) is 0 Å². The van der Waals surface area contributed by atoms with Crippen molar-refractivity contribution >= 4 is 17.3 Å². The van der Waals surface area contributed by atoms with Gasteiger partial charge in [0.05, 0.1) is 24.5 Å². The quantitative estimate of drug-likeness (QED) is 0.353. The summed E-state index contributed by atoms with van der Waals surface area (Å²) >= 11 is 1.73. The Hall–Kier alpha value is -3.22. The number of carbonyl (C=O) groups is 1. The van der Waals surface area contributed by atoms with Gasteiger partial charge in [0.2, 0.25) is 0 Å². The first kappa shape index (κ1) is 21.0. The van der Waals surface area contributed by atoms with Crippen molar-refractivity contribution in [2.45, 2.75) is 25.4 Å². The fourth-order valence-corrected chi connectivity index (χ4v) is 4.47. The first-order valence-electron chi connectivity index (χ1n) is 10.3. The van der Waals surface area contributed by atoms with Crippen LogP contribution in [-0.4, -0.2) is 32.5 Å². The summed E-state index contributed by atoms with van der Waals surface area (Å²) in [4.78, 5) is 22.4. The first-order chi connectivity index (χ1) is 15.2. The number of carboxylic acids is 1. The number of benzene rings is 2. The van der Waals surface area contributed by atoms with Crippen LogP contribution in [0.15, 0.2) is 84.6 Å². The highest BCUT2D eigenvalue weighted by Gasteiger charge is 2.24. The smallest absolute Gasteiger partial charge is 0.305 e. The molecule has 0 spiro atoms. The molecule has 0 aliphatic carbocycles. The molecule has 0 fully saturated rings. The van der Waals surface area contributed by atoms with Crippen LogP contribution < -0.4 is 0 Å². The number of nitrogens with zero attached hydrogens (tertiary/aromatic N) is 2. The van der Waals surface area contributed by atoms with E-state index in [1.54, 1.807) is 23.9 Å². The van der Waals surface area contributed by atoms with E-state index >= 15 is 0 Å². The van der Waals surface area contributed by atoms with Crippen molar-refractivity contribution in [3.63, 3.8) is 0 Å². The average Bonchev–Trinajstić information content (AvgIpc) is 3.50. The highest BCUT2D eigenvalue weighted by atomic mass is 32.1. The average molecular weight is 432 g/mol. The third-order valence-corrected chi connectivity index (χ3v) is 6.30. The van der Waals surface area contributed by atoms with Gasteiger partial charge in [-0.3, -0.25) is 9.69 Å². The predicted octanol–water partition coefficient (Wildman–Crippen LogP) is 5.40. The van der Waals surface area contributed by atoms with Gasteiger partial charge in [0, 0.05) is 24.2 Å². The molecule has 0 saturated heterocycles. The van der Waals surface area contributed by atoms with Gasteiger partial charge in [0.1, 0.15) is 0 Å². The molecule has 4 aromatic rings. The van der Waals surface area contributed by atoms with Crippen LogP contribution in [0.1, 0.15) is 28.6 Å². The molecule has 4 rings (SSSR count). The van der Waals surface area contributed by atoms with E-state index in [2.05, 4.69) is 68.8 Å². The zero-order valence-electron chi connectivity index (χ0n) is 17.1. The fourth-order valence-electron chi connectivity index (χ4n) is 3.77. The van der Waals surface area contributed by atoms with E-state index in [0.29, 0.717) is 6.54 Å². The van der Waals surface area contributed by atoms with Gasteiger partial charge in [-0.25, -0.2) is 4.98 Å².